The molecule has 1 fully saturated rings. The number of hydrogen-bond acceptors (Lipinski definition) is 3. The highest BCUT2D eigenvalue weighted by molar-refractivity contribution is 5.86. The van der Waals surface area contributed by atoms with Crippen LogP contribution in [-0.2, 0) is 9.59 Å². The monoisotopic (exact) mass is 272 g/mol. The quantitative estimate of drug-likeness (QED) is 0.704. The van der Waals surface area contributed by atoms with Gasteiger partial charge in [-0.15, -0.1) is 0 Å². The van der Waals surface area contributed by atoms with Gasteiger partial charge in [0.05, 0.1) is 6.42 Å². The van der Waals surface area contributed by atoms with Crippen LogP contribution in [0.15, 0.2) is 0 Å². The third-order valence-corrected chi connectivity index (χ3v) is 3.40. The first-order chi connectivity index (χ1) is 8.82. The molecule has 108 valence electrons. The van der Waals surface area contributed by atoms with Crippen LogP contribution in [0.5, 0.6) is 0 Å². The molecule has 0 saturated carbocycles. The minimum absolute atomic E-state index is 0.0306. The second kappa shape index (κ2) is 6.40. The maximum atomic E-state index is 12.1. The number of amides is 2. The van der Waals surface area contributed by atoms with E-state index in [-0.39, 0.29) is 12.1 Å². The van der Waals surface area contributed by atoms with Crippen LogP contribution in [0.2, 0.25) is 0 Å². The third-order valence-electron chi connectivity index (χ3n) is 3.40. The summed E-state index contributed by atoms with van der Waals surface area (Å²) in [6, 6.07) is -1.84. The highest BCUT2D eigenvalue weighted by Crippen LogP contribution is 2.22. The van der Waals surface area contributed by atoms with E-state index in [1.54, 1.807) is 4.90 Å². The average Bonchev–Trinajstić information content (AvgIpc) is 2.27. The molecule has 0 bridgehead atoms. The molecule has 3 atom stereocenters. The molecule has 0 aromatic heterocycles. The largest absolute Gasteiger partial charge is 0.481 e. The fourth-order valence-electron chi connectivity index (χ4n) is 2.42. The summed E-state index contributed by atoms with van der Waals surface area (Å²) in [5, 5.41) is 19.8. The molecule has 0 aromatic carbocycles. The maximum Gasteiger partial charge on any atom is 0.326 e. The Morgan fingerprint density at radius 3 is 2.16 bits per heavy atom. The number of aliphatic carboxylic acids is 2. The van der Waals surface area contributed by atoms with Crippen molar-refractivity contribution < 1.29 is 24.6 Å². The summed E-state index contributed by atoms with van der Waals surface area (Å²) in [6.45, 7) is 3.81. The third kappa shape index (κ3) is 4.11. The Balaban J connectivity index is 2.70. The Kier molecular flexibility index (Phi) is 5.14. The SMILES string of the molecule is CC1CCCC(C)N1C(=O)N[C@@H](CC(=O)O)C(=O)O. The number of nitrogens with zero attached hydrogens (tertiary/aromatic N) is 1. The summed E-state index contributed by atoms with van der Waals surface area (Å²) < 4.78 is 0. The van der Waals surface area contributed by atoms with Gasteiger partial charge in [-0.1, -0.05) is 0 Å². The van der Waals surface area contributed by atoms with Gasteiger partial charge in [-0.25, -0.2) is 9.59 Å². The van der Waals surface area contributed by atoms with Gasteiger partial charge in [-0.2, -0.15) is 0 Å². The van der Waals surface area contributed by atoms with Crippen LogP contribution in [0.1, 0.15) is 39.5 Å². The topological polar surface area (TPSA) is 107 Å². The summed E-state index contributed by atoms with van der Waals surface area (Å²) >= 11 is 0. The number of carboxylic acids is 2. The molecular formula is C12H20N2O5. The predicted molar refractivity (Wildman–Crippen MR) is 66.8 cm³/mol. The lowest BCUT2D eigenvalue weighted by molar-refractivity contribution is -0.145. The molecule has 2 amide bonds. The van der Waals surface area contributed by atoms with Gasteiger partial charge in [0.15, 0.2) is 0 Å². The molecule has 0 spiro atoms. The Bertz CT molecular complexity index is 361. The molecular weight excluding hydrogens is 252 g/mol. The van der Waals surface area contributed by atoms with E-state index in [9.17, 15) is 14.4 Å². The van der Waals surface area contributed by atoms with Crippen molar-refractivity contribution in [2.45, 2.75) is 57.7 Å². The zero-order valence-electron chi connectivity index (χ0n) is 11.1. The number of piperidine rings is 1. The van der Waals surface area contributed by atoms with Gasteiger partial charge in [0.2, 0.25) is 0 Å². The van der Waals surface area contributed by atoms with E-state index >= 15 is 0 Å². The number of likely N-dealkylation sites (tertiary alicyclic amines) is 1. The first-order valence-corrected chi connectivity index (χ1v) is 6.36. The van der Waals surface area contributed by atoms with E-state index < -0.39 is 30.4 Å². The Hall–Kier alpha value is -1.79. The van der Waals surface area contributed by atoms with Gasteiger partial charge in [-0.05, 0) is 33.1 Å². The molecule has 7 nitrogen and oxygen atoms in total. The van der Waals surface area contributed by atoms with Crippen molar-refractivity contribution in [1.29, 1.82) is 0 Å². The maximum absolute atomic E-state index is 12.1. The number of urea groups is 1. The predicted octanol–water partition coefficient (Wildman–Crippen LogP) is 0.887. The van der Waals surface area contributed by atoms with Gasteiger partial charge >= 0.3 is 18.0 Å². The van der Waals surface area contributed by atoms with Crippen molar-refractivity contribution in [2.75, 3.05) is 0 Å². The summed E-state index contributed by atoms with van der Waals surface area (Å²) in [6.07, 6.45) is 2.14. The first-order valence-electron chi connectivity index (χ1n) is 6.36. The minimum Gasteiger partial charge on any atom is -0.481 e. The Labute approximate surface area is 111 Å². The highest BCUT2D eigenvalue weighted by atomic mass is 16.4. The van der Waals surface area contributed by atoms with Crippen molar-refractivity contribution in [1.82, 2.24) is 10.2 Å². The van der Waals surface area contributed by atoms with Crippen molar-refractivity contribution in [3.8, 4) is 0 Å². The zero-order chi connectivity index (χ0) is 14.6. The van der Waals surface area contributed by atoms with Crippen molar-refractivity contribution >= 4 is 18.0 Å². The average molecular weight is 272 g/mol. The van der Waals surface area contributed by atoms with Gasteiger partial charge in [0.25, 0.3) is 0 Å². The van der Waals surface area contributed by atoms with Crippen LogP contribution in [-0.4, -0.2) is 51.2 Å². The molecule has 3 N–H and O–H groups in total. The smallest absolute Gasteiger partial charge is 0.326 e. The highest BCUT2D eigenvalue weighted by Gasteiger charge is 2.32. The van der Waals surface area contributed by atoms with Gasteiger partial charge in [0.1, 0.15) is 6.04 Å². The first kappa shape index (κ1) is 15.3. The fourth-order valence-corrected chi connectivity index (χ4v) is 2.42. The second-order valence-electron chi connectivity index (χ2n) is 4.97. The van der Waals surface area contributed by atoms with Crippen molar-refractivity contribution in [2.24, 2.45) is 0 Å². The molecule has 2 unspecified atom stereocenters. The van der Waals surface area contributed by atoms with Crippen LogP contribution in [0, 0.1) is 0 Å². The number of hydrogen-bond donors (Lipinski definition) is 3. The van der Waals surface area contributed by atoms with Crippen LogP contribution in [0.3, 0.4) is 0 Å². The summed E-state index contributed by atoms with van der Waals surface area (Å²) in [5.74, 6) is -2.60. The molecule has 1 heterocycles. The van der Waals surface area contributed by atoms with E-state index in [0.717, 1.165) is 19.3 Å². The van der Waals surface area contributed by atoms with E-state index in [1.807, 2.05) is 13.8 Å². The van der Waals surface area contributed by atoms with E-state index in [1.165, 1.54) is 0 Å². The summed E-state index contributed by atoms with van der Waals surface area (Å²) in [4.78, 5) is 35.2. The van der Waals surface area contributed by atoms with Crippen molar-refractivity contribution in [3.05, 3.63) is 0 Å². The molecule has 1 saturated heterocycles. The lowest BCUT2D eigenvalue weighted by Gasteiger charge is -2.39. The number of nitrogens with one attached hydrogen (secondary N) is 1. The number of carbonyl (C=O) groups is 3. The number of carbonyl (C=O) groups excluding carboxylic acids is 1. The van der Waals surface area contributed by atoms with E-state index in [2.05, 4.69) is 5.32 Å². The number of rotatable bonds is 4. The second-order valence-corrected chi connectivity index (χ2v) is 4.97. The van der Waals surface area contributed by atoms with Crippen molar-refractivity contribution in [3.63, 3.8) is 0 Å². The summed E-state index contributed by atoms with van der Waals surface area (Å²) in [7, 11) is 0. The lowest BCUT2D eigenvalue weighted by Crippen LogP contribution is -2.55. The van der Waals surface area contributed by atoms with Gasteiger partial charge < -0.3 is 20.4 Å². The minimum atomic E-state index is -1.40. The van der Waals surface area contributed by atoms with Crippen LogP contribution in [0.25, 0.3) is 0 Å². The number of carboxylic acid groups (broad SMARTS) is 2. The lowest BCUT2D eigenvalue weighted by atomic mass is 9.98. The molecule has 0 aromatic rings. The molecule has 19 heavy (non-hydrogen) atoms. The van der Waals surface area contributed by atoms with Crippen LogP contribution >= 0.6 is 0 Å². The Morgan fingerprint density at radius 1 is 1.21 bits per heavy atom. The molecule has 0 radical (unpaired) electrons. The molecule has 0 aliphatic carbocycles. The van der Waals surface area contributed by atoms with Gasteiger partial charge in [-0.3, -0.25) is 4.79 Å². The van der Waals surface area contributed by atoms with E-state index in [0.29, 0.717) is 0 Å². The van der Waals surface area contributed by atoms with Gasteiger partial charge in [0, 0.05) is 12.1 Å². The zero-order valence-corrected chi connectivity index (χ0v) is 11.1. The molecule has 1 rings (SSSR count). The molecule has 7 heteroatoms. The molecule has 1 aliphatic rings. The van der Waals surface area contributed by atoms with E-state index in [4.69, 9.17) is 10.2 Å². The normalized spacial score (nSPS) is 24.6. The van der Waals surface area contributed by atoms with Crippen LogP contribution < -0.4 is 5.32 Å². The molecule has 1 aliphatic heterocycles. The summed E-state index contributed by atoms with van der Waals surface area (Å²) in [5.41, 5.74) is 0. The Morgan fingerprint density at radius 2 is 1.74 bits per heavy atom. The standard InChI is InChI=1S/C12H20N2O5/c1-7-4-3-5-8(2)14(7)12(19)13-9(11(17)18)6-10(15)16/h7-9H,3-6H2,1-2H3,(H,13,19)(H,15,16)(H,17,18)/t7?,8?,9-/m0/s1. The van der Waals surface area contributed by atoms with Crippen LogP contribution in [0.4, 0.5) is 4.79 Å². The fraction of sp³-hybridized carbons (Fsp3) is 0.750.